The van der Waals surface area contributed by atoms with Crippen LogP contribution in [0.1, 0.15) is 6.42 Å². The van der Waals surface area contributed by atoms with E-state index < -0.39 is 23.5 Å². The lowest BCUT2D eigenvalue weighted by atomic mass is 9.98. The average molecular weight is 426 g/mol. The van der Waals surface area contributed by atoms with Crippen LogP contribution in [0.15, 0.2) is 47.6 Å². The minimum absolute atomic E-state index is 0.305. The van der Waals surface area contributed by atoms with Crippen molar-refractivity contribution in [3.63, 3.8) is 0 Å². The van der Waals surface area contributed by atoms with Gasteiger partial charge in [-0.05, 0) is 36.8 Å². The van der Waals surface area contributed by atoms with E-state index in [0.717, 1.165) is 0 Å². The largest absolute Gasteiger partial charge is 0.454 e. The molecule has 0 bridgehead atoms. The zero-order valence-corrected chi connectivity index (χ0v) is 16.1. The molecule has 146 valence electrons. The van der Waals surface area contributed by atoms with Crippen LogP contribution in [0.3, 0.4) is 0 Å². The maximum Gasteiger partial charge on any atom is 0.279 e. The van der Waals surface area contributed by atoms with Crippen LogP contribution in [-0.4, -0.2) is 36.1 Å². The third kappa shape index (κ3) is 3.08. The van der Waals surface area contributed by atoms with Gasteiger partial charge in [0, 0.05) is 12.1 Å². The van der Waals surface area contributed by atoms with Gasteiger partial charge < -0.3 is 10.1 Å². The van der Waals surface area contributed by atoms with E-state index in [9.17, 15) is 13.6 Å². The smallest absolute Gasteiger partial charge is 0.279 e. The summed E-state index contributed by atoms with van der Waals surface area (Å²) in [6, 6.07) is 11.1. The fourth-order valence-corrected chi connectivity index (χ4v) is 3.92. The number of benzene rings is 2. The Hall–Kier alpha value is -2.38. The van der Waals surface area contributed by atoms with Crippen LogP contribution < -0.4 is 10.1 Å². The summed E-state index contributed by atoms with van der Waals surface area (Å²) < 4.78 is 32.6. The molecule has 2 aliphatic rings. The van der Waals surface area contributed by atoms with Gasteiger partial charge in [0.05, 0.1) is 16.8 Å². The average Bonchev–Trinajstić information content (AvgIpc) is 3.33. The first-order valence-corrected chi connectivity index (χ1v) is 9.22. The molecule has 4 rings (SSSR count). The third-order valence-electron chi connectivity index (χ3n) is 4.96. The normalized spacial score (nSPS) is 22.7. The molecule has 9 heteroatoms. The summed E-state index contributed by atoms with van der Waals surface area (Å²) in [5.41, 5.74) is -1.34. The van der Waals surface area contributed by atoms with Gasteiger partial charge in [-0.3, -0.25) is 9.80 Å². The maximum atomic E-state index is 13.4. The number of anilines is 1. The standard InChI is InChI=1S/C19H15Cl2F2N3O2/c1-26-15-9-19(15,16(25-26)17(22)23)18(27)24-12-4-2-3-5-14(12)28-13-7-6-10(20)8-11(13)21/h2-8,15,17H,9H2,1H3,(H,24,27). The number of amides is 1. The molecule has 0 saturated heterocycles. The Labute approximate surface area is 169 Å². The van der Waals surface area contributed by atoms with Crippen LogP contribution >= 0.6 is 23.2 Å². The summed E-state index contributed by atoms with van der Waals surface area (Å²) >= 11 is 12.0. The predicted octanol–water partition coefficient (Wildman–Crippen LogP) is 5.05. The molecule has 0 radical (unpaired) electrons. The number of hydrogen-bond donors (Lipinski definition) is 1. The van der Waals surface area contributed by atoms with E-state index >= 15 is 0 Å². The van der Waals surface area contributed by atoms with Gasteiger partial charge in [0.1, 0.15) is 16.9 Å². The molecular weight excluding hydrogens is 411 g/mol. The van der Waals surface area contributed by atoms with Crippen molar-refractivity contribution in [3.05, 3.63) is 52.5 Å². The second-order valence-electron chi connectivity index (χ2n) is 6.68. The van der Waals surface area contributed by atoms with Gasteiger partial charge in [-0.15, -0.1) is 0 Å². The van der Waals surface area contributed by atoms with Gasteiger partial charge in [0.2, 0.25) is 5.91 Å². The minimum Gasteiger partial charge on any atom is -0.454 e. The maximum absolute atomic E-state index is 13.4. The van der Waals surface area contributed by atoms with Crippen LogP contribution in [-0.2, 0) is 4.79 Å². The SMILES string of the molecule is CN1N=C(C(F)F)C2(C(=O)Nc3ccccc3Oc3ccc(Cl)cc3Cl)CC12. The Balaban J connectivity index is 1.58. The number of halogens is 4. The van der Waals surface area contributed by atoms with Gasteiger partial charge in [-0.2, -0.15) is 5.10 Å². The summed E-state index contributed by atoms with van der Waals surface area (Å²) in [5.74, 6) is 0.153. The highest BCUT2D eigenvalue weighted by molar-refractivity contribution is 6.35. The zero-order chi connectivity index (χ0) is 20.1. The fraction of sp³-hybridized carbons (Fsp3) is 0.263. The van der Waals surface area contributed by atoms with Crippen molar-refractivity contribution < 1.29 is 18.3 Å². The summed E-state index contributed by atoms with van der Waals surface area (Å²) in [6.45, 7) is 0. The van der Waals surface area contributed by atoms with Crippen molar-refractivity contribution in [2.45, 2.75) is 18.9 Å². The molecule has 5 nitrogen and oxygen atoms in total. The zero-order valence-electron chi connectivity index (χ0n) is 14.6. The Bertz CT molecular complexity index is 985. The third-order valence-corrected chi connectivity index (χ3v) is 5.49. The van der Waals surface area contributed by atoms with Crippen molar-refractivity contribution in [1.82, 2.24) is 5.01 Å². The Morgan fingerprint density at radius 3 is 2.71 bits per heavy atom. The highest BCUT2D eigenvalue weighted by Crippen LogP contribution is 2.56. The molecule has 2 aromatic carbocycles. The lowest BCUT2D eigenvalue weighted by Crippen LogP contribution is -2.36. The Morgan fingerprint density at radius 2 is 2.04 bits per heavy atom. The Kier molecular flexibility index (Phi) is 4.67. The van der Waals surface area contributed by atoms with Crippen LogP contribution in [0.25, 0.3) is 0 Å². The number of fused-ring (bicyclic) bond motifs is 1. The summed E-state index contributed by atoms with van der Waals surface area (Å²) in [5, 5.41) is 8.75. The fourth-order valence-electron chi connectivity index (χ4n) is 3.47. The van der Waals surface area contributed by atoms with Gasteiger partial charge >= 0.3 is 0 Å². The second kappa shape index (κ2) is 6.90. The van der Waals surface area contributed by atoms with Crippen molar-refractivity contribution in [1.29, 1.82) is 0 Å². The molecule has 1 amide bonds. The van der Waals surface area contributed by atoms with Gasteiger partial charge in [0.25, 0.3) is 6.43 Å². The van der Waals surface area contributed by atoms with Gasteiger partial charge in [-0.25, -0.2) is 8.78 Å². The van der Waals surface area contributed by atoms with E-state index in [1.54, 1.807) is 43.4 Å². The number of hydrogen-bond acceptors (Lipinski definition) is 4. The minimum atomic E-state index is -2.79. The molecule has 2 aromatic rings. The molecule has 1 N–H and O–H groups in total. The number of hydrazone groups is 1. The summed E-state index contributed by atoms with van der Waals surface area (Å²) in [4.78, 5) is 12.9. The van der Waals surface area contributed by atoms with E-state index in [1.807, 2.05) is 0 Å². The number of rotatable bonds is 5. The van der Waals surface area contributed by atoms with Crippen molar-refractivity contribution in [2.24, 2.45) is 10.5 Å². The van der Waals surface area contributed by atoms with Crippen molar-refractivity contribution in [2.75, 3.05) is 12.4 Å². The molecule has 1 aliphatic carbocycles. The monoisotopic (exact) mass is 425 g/mol. The van der Waals surface area contributed by atoms with Crippen LogP contribution in [0.4, 0.5) is 14.5 Å². The summed E-state index contributed by atoms with van der Waals surface area (Å²) in [7, 11) is 1.59. The number of nitrogens with one attached hydrogen (secondary N) is 1. The van der Waals surface area contributed by atoms with E-state index in [4.69, 9.17) is 27.9 Å². The molecule has 28 heavy (non-hydrogen) atoms. The molecule has 1 fully saturated rings. The molecular formula is C19H15Cl2F2N3O2. The highest BCUT2D eigenvalue weighted by atomic mass is 35.5. The second-order valence-corrected chi connectivity index (χ2v) is 7.52. The number of carbonyl (C=O) groups excluding carboxylic acids is 1. The molecule has 0 spiro atoms. The molecule has 2 unspecified atom stereocenters. The molecule has 1 saturated carbocycles. The van der Waals surface area contributed by atoms with Gasteiger partial charge in [-0.1, -0.05) is 35.3 Å². The lowest BCUT2D eigenvalue weighted by molar-refractivity contribution is -0.119. The molecule has 0 aromatic heterocycles. The predicted molar refractivity (Wildman–Crippen MR) is 104 cm³/mol. The van der Waals surface area contributed by atoms with E-state index in [1.165, 1.54) is 11.1 Å². The van der Waals surface area contributed by atoms with Crippen molar-refractivity contribution in [3.8, 4) is 11.5 Å². The van der Waals surface area contributed by atoms with Crippen LogP contribution in [0.5, 0.6) is 11.5 Å². The highest BCUT2D eigenvalue weighted by Gasteiger charge is 2.71. The van der Waals surface area contributed by atoms with Crippen LogP contribution in [0, 0.1) is 5.41 Å². The number of ether oxygens (including phenoxy) is 1. The quantitative estimate of drug-likeness (QED) is 0.728. The molecule has 1 heterocycles. The van der Waals surface area contributed by atoms with Crippen LogP contribution in [0.2, 0.25) is 10.0 Å². The lowest BCUT2D eigenvalue weighted by Gasteiger charge is -2.17. The Morgan fingerprint density at radius 1 is 1.29 bits per heavy atom. The first kappa shape index (κ1) is 19.0. The van der Waals surface area contributed by atoms with E-state index in [2.05, 4.69) is 10.4 Å². The summed E-state index contributed by atoms with van der Waals surface area (Å²) in [6.07, 6.45) is -2.48. The van der Waals surface area contributed by atoms with Gasteiger partial charge in [0.15, 0.2) is 5.75 Å². The number of para-hydroxylation sites is 2. The topological polar surface area (TPSA) is 53.9 Å². The number of carbonyl (C=O) groups is 1. The number of alkyl halides is 2. The van der Waals surface area contributed by atoms with Crippen molar-refractivity contribution >= 4 is 40.5 Å². The molecule has 1 aliphatic heterocycles. The van der Waals surface area contributed by atoms with E-state index in [-0.39, 0.29) is 6.04 Å². The number of nitrogens with zero attached hydrogens (tertiary/aromatic N) is 2. The first-order chi connectivity index (χ1) is 13.3. The first-order valence-electron chi connectivity index (χ1n) is 8.46. The van der Waals surface area contributed by atoms with E-state index in [0.29, 0.717) is 33.7 Å². The molecule has 2 atom stereocenters.